The Kier molecular flexibility index (Phi) is 76.3. The molecule has 0 rings (SSSR count). The first-order chi connectivity index (χ1) is 44.0. The molecule has 0 spiro atoms. The molecule has 0 bridgehead atoms. The molecule has 0 saturated carbocycles. The van der Waals surface area contributed by atoms with Crippen molar-refractivity contribution in [1.82, 2.24) is 5.32 Å². The van der Waals surface area contributed by atoms with Crippen LogP contribution in [0, 0.1) is 0 Å². The summed E-state index contributed by atoms with van der Waals surface area (Å²) in [5.41, 5.74) is 0. The van der Waals surface area contributed by atoms with E-state index in [2.05, 4.69) is 67.8 Å². The summed E-state index contributed by atoms with van der Waals surface area (Å²) < 4.78 is 5.50. The fraction of sp³-hybridized carbons (Fsp3) is 0.880. The molecular weight excluding hydrogens is 1090 g/mol. The minimum atomic E-state index is -0.665. The van der Waals surface area contributed by atoms with Crippen molar-refractivity contribution in [3.63, 3.8) is 0 Å². The first-order valence-electron chi connectivity index (χ1n) is 40.4. The fourth-order valence-electron chi connectivity index (χ4n) is 12.7. The van der Waals surface area contributed by atoms with Gasteiger partial charge in [-0.05, 0) is 89.9 Å². The third-order valence-electron chi connectivity index (χ3n) is 18.9. The number of ether oxygens (including phenoxy) is 1. The van der Waals surface area contributed by atoms with E-state index in [-0.39, 0.29) is 18.5 Å². The molecule has 0 aromatic heterocycles. The predicted molar refractivity (Wildman–Crippen MR) is 393 cm³/mol. The molecule has 2 unspecified atom stereocenters. The maximum absolute atomic E-state index is 12.6. The highest BCUT2D eigenvalue weighted by atomic mass is 16.5. The first-order valence-corrected chi connectivity index (χ1v) is 40.4. The van der Waals surface area contributed by atoms with Crippen molar-refractivity contribution in [2.45, 2.75) is 456 Å². The number of aliphatic hydroxyl groups is 2. The van der Waals surface area contributed by atoms with Gasteiger partial charge in [0.15, 0.2) is 0 Å². The van der Waals surface area contributed by atoms with Gasteiger partial charge >= 0.3 is 5.97 Å². The third-order valence-corrected chi connectivity index (χ3v) is 18.9. The second-order valence-corrected chi connectivity index (χ2v) is 27.7. The summed E-state index contributed by atoms with van der Waals surface area (Å²) >= 11 is 0. The van der Waals surface area contributed by atoms with E-state index >= 15 is 0 Å². The number of allylic oxidation sites excluding steroid dienone is 8. The minimum Gasteiger partial charge on any atom is -0.466 e. The SMILES string of the molecule is CCCCCC/C=C\C/C=C\CCCCCCCCCC(=O)OCCCCCCCCCCC/C=C\C/C=C\CCCCCCCCCCCCCCCCCCCC(=O)NC(CO)C(O)CCCCCCCCCCCCCCCCCCCCCCC. The highest BCUT2D eigenvalue weighted by Crippen LogP contribution is 2.20. The summed E-state index contributed by atoms with van der Waals surface area (Å²) in [7, 11) is 0. The quantitative estimate of drug-likeness (QED) is 0.0320. The van der Waals surface area contributed by atoms with Crippen LogP contribution in [0.5, 0.6) is 0 Å². The zero-order valence-corrected chi connectivity index (χ0v) is 60.2. The van der Waals surface area contributed by atoms with Crippen molar-refractivity contribution >= 4 is 11.9 Å². The fourth-order valence-corrected chi connectivity index (χ4v) is 12.7. The van der Waals surface area contributed by atoms with Crippen LogP contribution in [0.25, 0.3) is 0 Å². The molecule has 0 aliphatic carbocycles. The summed E-state index contributed by atoms with van der Waals surface area (Å²) in [6.07, 6.45) is 103. The maximum Gasteiger partial charge on any atom is 0.305 e. The van der Waals surface area contributed by atoms with Gasteiger partial charge in [-0.1, -0.05) is 390 Å². The van der Waals surface area contributed by atoms with Crippen LogP contribution < -0.4 is 5.32 Å². The Morgan fingerprint density at radius 3 is 0.865 bits per heavy atom. The smallest absolute Gasteiger partial charge is 0.305 e. The standard InChI is InChI=1S/C83H157NO5/c1-3-5-7-9-11-13-15-17-19-21-23-37-40-43-47-51-55-59-63-67-71-75-81(86)80(79-85)84-82(87)76-72-68-64-60-56-52-48-44-41-38-35-33-31-29-27-25-24-26-28-30-32-34-36-39-42-46-50-54-58-62-66-70-74-78-89-83(88)77-73-69-65-61-57-53-49-45-22-20-18-16-14-12-10-8-6-4-2/h14,16,20,22,28,30,34,36,80-81,85-86H,3-13,15,17-19,21,23-27,29,31-33,35,37-79H2,1-2H3,(H,84,87)/b16-14-,22-20-,30-28-,36-34-. The number of carbonyl (C=O) groups excluding carboxylic acids is 2. The van der Waals surface area contributed by atoms with E-state index in [4.69, 9.17) is 4.74 Å². The highest BCUT2D eigenvalue weighted by Gasteiger charge is 2.20. The van der Waals surface area contributed by atoms with Crippen LogP contribution >= 0.6 is 0 Å². The van der Waals surface area contributed by atoms with E-state index in [1.807, 2.05) is 0 Å². The molecule has 1 amide bonds. The summed E-state index contributed by atoms with van der Waals surface area (Å²) in [5, 5.41) is 23.5. The van der Waals surface area contributed by atoms with E-state index in [0.29, 0.717) is 25.9 Å². The van der Waals surface area contributed by atoms with Gasteiger partial charge in [-0.3, -0.25) is 9.59 Å². The largest absolute Gasteiger partial charge is 0.466 e. The van der Waals surface area contributed by atoms with E-state index in [9.17, 15) is 19.8 Å². The molecule has 2 atom stereocenters. The summed E-state index contributed by atoms with van der Waals surface area (Å²) in [4.78, 5) is 24.7. The van der Waals surface area contributed by atoms with Crippen molar-refractivity contribution in [2.75, 3.05) is 13.2 Å². The number of unbranched alkanes of at least 4 members (excludes halogenated alkanes) is 57. The van der Waals surface area contributed by atoms with Crippen LogP contribution in [-0.4, -0.2) is 47.4 Å². The number of aliphatic hydroxyl groups excluding tert-OH is 2. The van der Waals surface area contributed by atoms with Crippen LogP contribution in [0.2, 0.25) is 0 Å². The second-order valence-electron chi connectivity index (χ2n) is 27.7. The summed E-state index contributed by atoms with van der Waals surface area (Å²) in [6.45, 7) is 4.97. The molecule has 3 N–H and O–H groups in total. The molecule has 0 aromatic carbocycles. The van der Waals surface area contributed by atoms with Gasteiger partial charge < -0.3 is 20.3 Å². The number of hydrogen-bond donors (Lipinski definition) is 3. The molecule has 6 nitrogen and oxygen atoms in total. The molecule has 6 heteroatoms. The molecule has 0 aliphatic heterocycles. The molecule has 0 aromatic rings. The van der Waals surface area contributed by atoms with Crippen LogP contribution in [-0.2, 0) is 14.3 Å². The number of amides is 1. The van der Waals surface area contributed by atoms with Crippen molar-refractivity contribution in [3.05, 3.63) is 48.6 Å². The van der Waals surface area contributed by atoms with Gasteiger partial charge in [-0.2, -0.15) is 0 Å². The number of nitrogens with one attached hydrogen (secondary N) is 1. The second kappa shape index (κ2) is 78.3. The Labute approximate surface area is 556 Å². The molecule has 0 radical (unpaired) electrons. The van der Waals surface area contributed by atoms with Crippen molar-refractivity contribution in [3.8, 4) is 0 Å². The Bertz CT molecular complexity index is 1490. The normalized spacial score (nSPS) is 12.7. The summed E-state index contributed by atoms with van der Waals surface area (Å²) in [5.74, 6) is -0.0211. The van der Waals surface area contributed by atoms with Gasteiger partial charge in [-0.25, -0.2) is 0 Å². The van der Waals surface area contributed by atoms with E-state index in [1.165, 1.54) is 353 Å². The molecule has 524 valence electrons. The number of esters is 1. The number of carbonyl (C=O) groups is 2. The number of hydrogen-bond acceptors (Lipinski definition) is 5. The van der Waals surface area contributed by atoms with Crippen molar-refractivity contribution < 1.29 is 24.5 Å². The van der Waals surface area contributed by atoms with Crippen molar-refractivity contribution in [1.29, 1.82) is 0 Å². The predicted octanol–water partition coefficient (Wildman–Crippen LogP) is 26.8. The molecule has 89 heavy (non-hydrogen) atoms. The van der Waals surface area contributed by atoms with Gasteiger partial charge in [0.2, 0.25) is 5.91 Å². The lowest BCUT2D eigenvalue weighted by atomic mass is 10.0. The van der Waals surface area contributed by atoms with Gasteiger partial charge in [-0.15, -0.1) is 0 Å². The highest BCUT2D eigenvalue weighted by molar-refractivity contribution is 5.76. The van der Waals surface area contributed by atoms with Crippen LogP contribution in [0.4, 0.5) is 0 Å². The Morgan fingerprint density at radius 2 is 0.562 bits per heavy atom. The van der Waals surface area contributed by atoms with Gasteiger partial charge in [0.05, 0.1) is 25.4 Å². The average molecular weight is 1250 g/mol. The van der Waals surface area contributed by atoms with Gasteiger partial charge in [0.1, 0.15) is 0 Å². The first kappa shape index (κ1) is 86.8. The maximum atomic E-state index is 12.6. The average Bonchev–Trinajstić information content (AvgIpc) is 3.55. The molecule has 0 fully saturated rings. The van der Waals surface area contributed by atoms with E-state index < -0.39 is 12.1 Å². The lowest BCUT2D eigenvalue weighted by Crippen LogP contribution is -2.45. The van der Waals surface area contributed by atoms with E-state index in [0.717, 1.165) is 57.8 Å². The zero-order valence-electron chi connectivity index (χ0n) is 60.2. The summed E-state index contributed by atoms with van der Waals surface area (Å²) in [6, 6.07) is -0.542. The van der Waals surface area contributed by atoms with E-state index in [1.54, 1.807) is 0 Å². The van der Waals surface area contributed by atoms with Crippen LogP contribution in [0.1, 0.15) is 444 Å². The van der Waals surface area contributed by atoms with Crippen molar-refractivity contribution in [2.24, 2.45) is 0 Å². The topological polar surface area (TPSA) is 95.9 Å². The minimum absolute atomic E-state index is 0.00741. The Hall–Kier alpha value is -2.18. The van der Waals surface area contributed by atoms with Crippen LogP contribution in [0.3, 0.4) is 0 Å². The Morgan fingerprint density at radius 1 is 0.315 bits per heavy atom. The lowest BCUT2D eigenvalue weighted by Gasteiger charge is -2.22. The Balaban J connectivity index is 3.38. The molecule has 0 heterocycles. The third kappa shape index (κ3) is 74.7. The number of rotatable bonds is 76. The van der Waals surface area contributed by atoms with Gasteiger partial charge in [0, 0.05) is 12.8 Å². The van der Waals surface area contributed by atoms with Crippen LogP contribution in [0.15, 0.2) is 48.6 Å². The monoisotopic (exact) mass is 1250 g/mol. The zero-order chi connectivity index (χ0) is 64.2. The lowest BCUT2D eigenvalue weighted by molar-refractivity contribution is -0.143. The molecular formula is C83H157NO5. The molecule has 0 saturated heterocycles. The molecule has 0 aliphatic rings. The van der Waals surface area contributed by atoms with Gasteiger partial charge in [0.25, 0.3) is 0 Å².